The Morgan fingerprint density at radius 2 is 1.52 bits per heavy atom. The molecular formula is C22H20BrNO3. The number of rotatable bonds is 2. The number of fused-ring (bicyclic) bond motifs is 2. The summed E-state index contributed by atoms with van der Waals surface area (Å²) in [6.07, 6.45) is 5.16. The SMILES string of the molecule is CC(=O)N(c1ccc(Br)c2c1C(=O)c1ccccc1C2=O)C1CCCCC1. The largest absolute Gasteiger partial charge is 0.309 e. The van der Waals surface area contributed by atoms with Gasteiger partial charge in [-0.05, 0) is 25.0 Å². The van der Waals surface area contributed by atoms with Gasteiger partial charge in [-0.25, -0.2) is 0 Å². The molecule has 0 aliphatic heterocycles. The van der Waals surface area contributed by atoms with E-state index in [-0.39, 0.29) is 23.5 Å². The van der Waals surface area contributed by atoms with E-state index in [0.717, 1.165) is 25.7 Å². The molecule has 5 heteroatoms. The molecule has 27 heavy (non-hydrogen) atoms. The van der Waals surface area contributed by atoms with Gasteiger partial charge in [-0.2, -0.15) is 0 Å². The van der Waals surface area contributed by atoms with E-state index in [1.807, 2.05) is 0 Å². The predicted molar refractivity (Wildman–Crippen MR) is 107 cm³/mol. The van der Waals surface area contributed by atoms with E-state index in [4.69, 9.17) is 0 Å². The Labute approximate surface area is 166 Å². The monoisotopic (exact) mass is 425 g/mol. The second-order valence-corrected chi connectivity index (χ2v) is 8.06. The molecule has 1 fully saturated rings. The second kappa shape index (κ2) is 7.04. The number of ketones is 2. The molecule has 2 aliphatic rings. The number of nitrogens with zero attached hydrogens (tertiary/aromatic N) is 1. The van der Waals surface area contributed by atoms with Crippen molar-refractivity contribution in [2.24, 2.45) is 0 Å². The van der Waals surface area contributed by atoms with Crippen molar-refractivity contribution in [2.45, 2.75) is 45.1 Å². The highest BCUT2D eigenvalue weighted by atomic mass is 79.9. The molecule has 0 N–H and O–H groups in total. The number of anilines is 1. The number of hydrogen-bond donors (Lipinski definition) is 0. The van der Waals surface area contributed by atoms with Crippen LogP contribution in [0.2, 0.25) is 0 Å². The van der Waals surface area contributed by atoms with E-state index in [1.165, 1.54) is 13.3 Å². The van der Waals surface area contributed by atoms with Crippen LogP contribution in [0, 0.1) is 0 Å². The molecule has 0 heterocycles. The van der Waals surface area contributed by atoms with Gasteiger partial charge in [-0.15, -0.1) is 0 Å². The fraction of sp³-hybridized carbons (Fsp3) is 0.318. The topological polar surface area (TPSA) is 54.5 Å². The standard InChI is InChI=1S/C22H20BrNO3/c1-13(25)24(14-7-3-2-4-8-14)18-12-11-17(23)19-20(18)22(27)16-10-6-5-9-15(16)21(19)26/h5-6,9-12,14H,2-4,7-8H2,1H3. The van der Waals surface area contributed by atoms with E-state index in [1.54, 1.807) is 41.3 Å². The van der Waals surface area contributed by atoms with Crippen LogP contribution in [-0.4, -0.2) is 23.5 Å². The van der Waals surface area contributed by atoms with Gasteiger partial charge in [0.15, 0.2) is 11.6 Å². The highest BCUT2D eigenvalue weighted by Crippen LogP contribution is 2.39. The Bertz CT molecular complexity index is 960. The predicted octanol–water partition coefficient (Wildman–Crippen LogP) is 4.91. The Kier molecular flexibility index (Phi) is 4.72. The minimum atomic E-state index is -0.196. The summed E-state index contributed by atoms with van der Waals surface area (Å²) in [6, 6.07) is 10.5. The first kappa shape index (κ1) is 18.1. The van der Waals surface area contributed by atoms with Crippen molar-refractivity contribution in [3.05, 3.63) is 63.1 Å². The van der Waals surface area contributed by atoms with Crippen LogP contribution < -0.4 is 4.90 Å². The van der Waals surface area contributed by atoms with Crippen LogP contribution in [0.25, 0.3) is 0 Å². The van der Waals surface area contributed by atoms with Crippen LogP contribution in [-0.2, 0) is 4.79 Å². The van der Waals surface area contributed by atoms with Crippen molar-refractivity contribution in [1.29, 1.82) is 0 Å². The summed E-state index contributed by atoms with van der Waals surface area (Å²) in [5.74, 6) is -0.467. The van der Waals surface area contributed by atoms with Crippen molar-refractivity contribution in [3.8, 4) is 0 Å². The zero-order valence-electron chi connectivity index (χ0n) is 15.1. The molecule has 0 spiro atoms. The van der Waals surface area contributed by atoms with Gasteiger partial charge in [0.25, 0.3) is 0 Å². The summed E-state index contributed by atoms with van der Waals surface area (Å²) >= 11 is 3.44. The zero-order valence-corrected chi connectivity index (χ0v) is 16.7. The van der Waals surface area contributed by atoms with Gasteiger partial charge in [-0.3, -0.25) is 14.4 Å². The van der Waals surface area contributed by atoms with E-state index in [2.05, 4.69) is 15.9 Å². The van der Waals surface area contributed by atoms with Crippen molar-refractivity contribution in [2.75, 3.05) is 4.90 Å². The molecule has 2 aromatic carbocycles. The highest BCUT2D eigenvalue weighted by Gasteiger charge is 2.36. The third-order valence-corrected chi connectivity index (χ3v) is 6.20. The summed E-state index contributed by atoms with van der Waals surface area (Å²) in [5, 5.41) is 0. The molecule has 0 bridgehead atoms. The maximum absolute atomic E-state index is 13.3. The summed E-state index contributed by atoms with van der Waals surface area (Å²) in [4.78, 5) is 40.7. The fourth-order valence-electron chi connectivity index (χ4n) is 4.33. The number of hydrogen-bond acceptors (Lipinski definition) is 3. The fourth-order valence-corrected chi connectivity index (χ4v) is 4.84. The van der Waals surface area contributed by atoms with Gasteiger partial charge in [0.2, 0.25) is 5.91 Å². The van der Waals surface area contributed by atoms with Crippen LogP contribution in [0.3, 0.4) is 0 Å². The minimum Gasteiger partial charge on any atom is -0.309 e. The molecule has 1 amide bonds. The molecule has 0 unspecified atom stereocenters. The van der Waals surface area contributed by atoms with E-state index in [0.29, 0.717) is 32.4 Å². The number of carbonyl (C=O) groups excluding carboxylic acids is 3. The normalized spacial score (nSPS) is 16.7. The highest BCUT2D eigenvalue weighted by molar-refractivity contribution is 9.10. The van der Waals surface area contributed by atoms with E-state index in [9.17, 15) is 14.4 Å². The van der Waals surface area contributed by atoms with Crippen LogP contribution in [0.1, 0.15) is 70.9 Å². The van der Waals surface area contributed by atoms with Gasteiger partial charge < -0.3 is 4.90 Å². The second-order valence-electron chi connectivity index (χ2n) is 7.20. The average Bonchev–Trinajstić information content (AvgIpc) is 2.68. The molecule has 2 aromatic rings. The van der Waals surface area contributed by atoms with Gasteiger partial charge >= 0.3 is 0 Å². The molecule has 0 saturated heterocycles. The minimum absolute atomic E-state index is 0.0709. The first-order valence-corrected chi connectivity index (χ1v) is 10.1. The summed E-state index contributed by atoms with van der Waals surface area (Å²) in [6.45, 7) is 1.53. The van der Waals surface area contributed by atoms with Crippen LogP contribution in [0.5, 0.6) is 0 Å². The van der Waals surface area contributed by atoms with Crippen molar-refractivity contribution < 1.29 is 14.4 Å². The smallest absolute Gasteiger partial charge is 0.224 e. The Morgan fingerprint density at radius 1 is 0.926 bits per heavy atom. The summed E-state index contributed by atoms with van der Waals surface area (Å²) in [5.41, 5.74) is 2.08. The lowest BCUT2D eigenvalue weighted by molar-refractivity contribution is -0.117. The molecule has 2 aliphatic carbocycles. The molecule has 138 valence electrons. The Balaban J connectivity index is 1.92. The van der Waals surface area contributed by atoms with Crippen molar-refractivity contribution in [3.63, 3.8) is 0 Å². The van der Waals surface area contributed by atoms with Crippen LogP contribution >= 0.6 is 15.9 Å². The Morgan fingerprint density at radius 3 is 2.11 bits per heavy atom. The molecular weight excluding hydrogens is 406 g/mol. The molecule has 4 nitrogen and oxygen atoms in total. The lowest BCUT2D eigenvalue weighted by Crippen LogP contribution is -2.42. The molecule has 0 atom stereocenters. The summed E-state index contributed by atoms with van der Waals surface area (Å²) < 4.78 is 0.584. The van der Waals surface area contributed by atoms with Gasteiger partial charge in [0.1, 0.15) is 0 Å². The third-order valence-electron chi connectivity index (χ3n) is 5.54. The lowest BCUT2D eigenvalue weighted by Gasteiger charge is -2.36. The van der Waals surface area contributed by atoms with Crippen molar-refractivity contribution >= 4 is 39.1 Å². The molecule has 1 saturated carbocycles. The molecule has 0 aromatic heterocycles. The first-order valence-electron chi connectivity index (χ1n) is 9.31. The zero-order chi connectivity index (χ0) is 19.1. The summed E-state index contributed by atoms with van der Waals surface area (Å²) in [7, 11) is 0. The third kappa shape index (κ3) is 2.94. The van der Waals surface area contributed by atoms with Gasteiger partial charge in [0.05, 0.1) is 16.8 Å². The number of halogens is 1. The number of benzene rings is 2. The molecule has 4 rings (SSSR count). The lowest BCUT2D eigenvalue weighted by atomic mass is 9.82. The van der Waals surface area contributed by atoms with E-state index < -0.39 is 0 Å². The van der Waals surface area contributed by atoms with E-state index >= 15 is 0 Å². The maximum Gasteiger partial charge on any atom is 0.224 e. The van der Waals surface area contributed by atoms with Gasteiger partial charge in [-0.1, -0.05) is 59.5 Å². The van der Waals surface area contributed by atoms with Crippen LogP contribution in [0.15, 0.2) is 40.9 Å². The van der Waals surface area contributed by atoms with Crippen molar-refractivity contribution in [1.82, 2.24) is 0 Å². The maximum atomic E-state index is 13.3. The first-order chi connectivity index (χ1) is 13.0. The quantitative estimate of drug-likeness (QED) is 0.585. The Hall–Kier alpha value is -2.27. The number of amides is 1. The number of carbonyl (C=O) groups is 3. The van der Waals surface area contributed by atoms with Crippen LogP contribution in [0.4, 0.5) is 5.69 Å². The average molecular weight is 426 g/mol. The van der Waals surface area contributed by atoms with Gasteiger partial charge in [0, 0.05) is 28.6 Å². The molecule has 0 radical (unpaired) electrons.